The van der Waals surface area contributed by atoms with E-state index < -0.39 is 6.61 Å². The standard InChI is InChI=1S/C22H29F2N3O4/c1-5-25-22(26-13-15-10-11-17(28-3)19(12-15)29-4)27-14-16-8-7-9-18(30-6-2)20(16)31-21(23)24/h7-12,21H,5-6,13-14H2,1-4H3,(H2,25,26,27). The van der Waals surface area contributed by atoms with E-state index in [0.717, 1.165) is 5.56 Å². The third kappa shape index (κ3) is 7.20. The van der Waals surface area contributed by atoms with Gasteiger partial charge in [0.25, 0.3) is 0 Å². The van der Waals surface area contributed by atoms with Crippen LogP contribution >= 0.6 is 0 Å². The van der Waals surface area contributed by atoms with Crippen molar-refractivity contribution in [1.82, 2.24) is 10.6 Å². The van der Waals surface area contributed by atoms with Gasteiger partial charge in [0.2, 0.25) is 0 Å². The van der Waals surface area contributed by atoms with E-state index in [9.17, 15) is 8.78 Å². The average molecular weight is 437 g/mol. The fourth-order valence-electron chi connectivity index (χ4n) is 2.86. The second-order valence-corrected chi connectivity index (χ2v) is 6.29. The second-order valence-electron chi connectivity index (χ2n) is 6.29. The molecule has 2 aromatic rings. The lowest BCUT2D eigenvalue weighted by molar-refractivity contribution is -0.0520. The number of para-hydroxylation sites is 1. The molecular weight excluding hydrogens is 408 g/mol. The summed E-state index contributed by atoms with van der Waals surface area (Å²) < 4.78 is 46.5. The number of rotatable bonds is 11. The highest BCUT2D eigenvalue weighted by Crippen LogP contribution is 2.33. The zero-order valence-corrected chi connectivity index (χ0v) is 18.2. The molecule has 0 unspecified atom stereocenters. The lowest BCUT2D eigenvalue weighted by Crippen LogP contribution is -2.36. The third-order valence-corrected chi connectivity index (χ3v) is 4.23. The van der Waals surface area contributed by atoms with Crippen molar-refractivity contribution in [2.24, 2.45) is 4.99 Å². The quantitative estimate of drug-likeness (QED) is 0.410. The van der Waals surface area contributed by atoms with Gasteiger partial charge in [-0.05, 0) is 37.6 Å². The van der Waals surface area contributed by atoms with Gasteiger partial charge < -0.3 is 29.6 Å². The molecule has 0 aliphatic rings. The first-order chi connectivity index (χ1) is 15.0. The summed E-state index contributed by atoms with van der Waals surface area (Å²) in [6.45, 7) is 2.35. The van der Waals surface area contributed by atoms with Crippen LogP contribution in [0.5, 0.6) is 23.0 Å². The fourth-order valence-corrected chi connectivity index (χ4v) is 2.86. The van der Waals surface area contributed by atoms with Crippen LogP contribution in [0.25, 0.3) is 0 Å². The molecule has 2 rings (SSSR count). The van der Waals surface area contributed by atoms with Gasteiger partial charge in [-0.25, -0.2) is 4.99 Å². The maximum Gasteiger partial charge on any atom is 0.387 e. The van der Waals surface area contributed by atoms with Crippen molar-refractivity contribution in [3.05, 3.63) is 47.5 Å². The van der Waals surface area contributed by atoms with Gasteiger partial charge in [-0.15, -0.1) is 0 Å². The summed E-state index contributed by atoms with van der Waals surface area (Å²) in [5, 5.41) is 6.28. The lowest BCUT2D eigenvalue weighted by atomic mass is 10.2. The van der Waals surface area contributed by atoms with E-state index in [-0.39, 0.29) is 18.0 Å². The molecule has 0 bridgehead atoms. The van der Waals surface area contributed by atoms with Crippen molar-refractivity contribution in [2.45, 2.75) is 33.5 Å². The largest absolute Gasteiger partial charge is 0.493 e. The predicted octanol–water partition coefficient (Wildman–Crippen LogP) is 3.96. The van der Waals surface area contributed by atoms with Crippen molar-refractivity contribution in [2.75, 3.05) is 27.4 Å². The summed E-state index contributed by atoms with van der Waals surface area (Å²) in [6.07, 6.45) is 0. The number of benzene rings is 2. The minimum atomic E-state index is -2.95. The molecule has 0 saturated carbocycles. The first-order valence-corrected chi connectivity index (χ1v) is 9.94. The SMILES string of the molecule is CCNC(=NCc1ccc(OC)c(OC)c1)NCc1cccc(OCC)c1OC(F)F. The first kappa shape index (κ1) is 24.0. The maximum absolute atomic E-state index is 12.9. The summed E-state index contributed by atoms with van der Waals surface area (Å²) in [5.41, 5.74) is 1.46. The van der Waals surface area contributed by atoms with Gasteiger partial charge in [0, 0.05) is 18.7 Å². The number of alkyl halides is 2. The Morgan fingerprint density at radius 2 is 1.77 bits per heavy atom. The van der Waals surface area contributed by atoms with Crippen LogP contribution in [0.4, 0.5) is 8.78 Å². The lowest BCUT2D eigenvalue weighted by Gasteiger charge is -2.17. The van der Waals surface area contributed by atoms with Crippen molar-refractivity contribution in [1.29, 1.82) is 0 Å². The smallest absolute Gasteiger partial charge is 0.387 e. The van der Waals surface area contributed by atoms with Crippen molar-refractivity contribution in [3.63, 3.8) is 0 Å². The molecule has 0 heterocycles. The number of hydrogen-bond acceptors (Lipinski definition) is 5. The molecule has 0 spiro atoms. The van der Waals surface area contributed by atoms with Crippen LogP contribution < -0.4 is 29.6 Å². The summed E-state index contributed by atoms with van der Waals surface area (Å²) >= 11 is 0. The number of ether oxygens (including phenoxy) is 4. The number of hydrogen-bond donors (Lipinski definition) is 2. The molecular formula is C22H29F2N3O4. The minimum Gasteiger partial charge on any atom is -0.493 e. The van der Waals surface area contributed by atoms with E-state index in [1.165, 1.54) is 0 Å². The zero-order chi connectivity index (χ0) is 22.6. The number of nitrogens with one attached hydrogen (secondary N) is 2. The summed E-state index contributed by atoms with van der Waals surface area (Å²) in [6, 6.07) is 10.6. The number of guanidine groups is 1. The molecule has 0 fully saturated rings. The summed E-state index contributed by atoms with van der Waals surface area (Å²) in [4.78, 5) is 4.56. The highest BCUT2D eigenvalue weighted by atomic mass is 19.3. The normalized spacial score (nSPS) is 11.3. The van der Waals surface area contributed by atoms with Gasteiger partial charge in [0.05, 0.1) is 27.4 Å². The Morgan fingerprint density at radius 3 is 2.42 bits per heavy atom. The first-order valence-electron chi connectivity index (χ1n) is 9.94. The van der Waals surface area contributed by atoms with Crippen LogP contribution in [-0.2, 0) is 13.1 Å². The Hall–Kier alpha value is -3.23. The van der Waals surface area contributed by atoms with Crippen molar-refractivity contribution < 1.29 is 27.7 Å². The number of halogens is 2. The Morgan fingerprint density at radius 1 is 1.00 bits per heavy atom. The number of methoxy groups -OCH3 is 2. The molecule has 9 heteroatoms. The van der Waals surface area contributed by atoms with Crippen LogP contribution in [0.2, 0.25) is 0 Å². The molecule has 0 aliphatic carbocycles. The van der Waals surface area contributed by atoms with Gasteiger partial charge in [-0.3, -0.25) is 0 Å². The molecule has 0 amide bonds. The average Bonchev–Trinajstić information content (AvgIpc) is 2.77. The molecule has 0 aliphatic heterocycles. The topological polar surface area (TPSA) is 73.3 Å². The predicted molar refractivity (Wildman–Crippen MR) is 115 cm³/mol. The van der Waals surface area contributed by atoms with Crippen LogP contribution in [0.15, 0.2) is 41.4 Å². The summed E-state index contributed by atoms with van der Waals surface area (Å²) in [7, 11) is 3.15. The molecule has 0 atom stereocenters. The monoisotopic (exact) mass is 437 g/mol. The molecule has 2 N–H and O–H groups in total. The van der Waals surface area contributed by atoms with E-state index in [1.54, 1.807) is 39.3 Å². The van der Waals surface area contributed by atoms with Crippen LogP contribution in [0.3, 0.4) is 0 Å². The number of aliphatic imine (C=N–C) groups is 1. The van der Waals surface area contributed by atoms with Gasteiger partial charge in [-0.1, -0.05) is 18.2 Å². The van der Waals surface area contributed by atoms with Crippen molar-refractivity contribution in [3.8, 4) is 23.0 Å². The van der Waals surface area contributed by atoms with Gasteiger partial charge in [0.15, 0.2) is 29.0 Å². The Balaban J connectivity index is 2.16. The Labute approximate surface area is 181 Å². The Kier molecular flexibility index (Phi) is 9.67. The fraction of sp³-hybridized carbons (Fsp3) is 0.409. The maximum atomic E-state index is 12.9. The molecule has 7 nitrogen and oxygen atoms in total. The van der Waals surface area contributed by atoms with Crippen LogP contribution in [-0.4, -0.2) is 39.9 Å². The van der Waals surface area contributed by atoms with Crippen LogP contribution in [0.1, 0.15) is 25.0 Å². The van der Waals surface area contributed by atoms with Gasteiger partial charge in [0.1, 0.15) is 0 Å². The molecule has 170 valence electrons. The van der Waals surface area contributed by atoms with E-state index in [1.807, 2.05) is 25.1 Å². The minimum absolute atomic E-state index is 0.0163. The van der Waals surface area contributed by atoms with E-state index in [4.69, 9.17) is 18.9 Å². The van der Waals surface area contributed by atoms with E-state index >= 15 is 0 Å². The molecule has 0 aromatic heterocycles. The van der Waals surface area contributed by atoms with Gasteiger partial charge in [-0.2, -0.15) is 8.78 Å². The van der Waals surface area contributed by atoms with Crippen molar-refractivity contribution >= 4 is 5.96 Å². The molecule has 0 radical (unpaired) electrons. The second kappa shape index (κ2) is 12.5. The highest BCUT2D eigenvalue weighted by Gasteiger charge is 2.16. The summed E-state index contributed by atoms with van der Waals surface area (Å²) in [5.74, 6) is 2.08. The third-order valence-electron chi connectivity index (χ3n) is 4.23. The zero-order valence-electron chi connectivity index (χ0n) is 18.2. The van der Waals surface area contributed by atoms with E-state index in [0.29, 0.717) is 42.7 Å². The Bertz CT molecular complexity index is 863. The molecule has 2 aromatic carbocycles. The molecule has 31 heavy (non-hydrogen) atoms. The van der Waals surface area contributed by atoms with Crippen LogP contribution in [0, 0.1) is 0 Å². The molecule has 0 saturated heterocycles. The van der Waals surface area contributed by atoms with Gasteiger partial charge >= 0.3 is 6.61 Å². The highest BCUT2D eigenvalue weighted by molar-refractivity contribution is 5.79. The van der Waals surface area contributed by atoms with E-state index in [2.05, 4.69) is 15.6 Å². The number of nitrogens with zero attached hydrogens (tertiary/aromatic N) is 1.